The fourth-order valence-corrected chi connectivity index (χ4v) is 1.99. The molecular formula is C13H11F3N2O. The van der Waals surface area contributed by atoms with Gasteiger partial charge in [-0.05, 0) is 24.4 Å². The van der Waals surface area contributed by atoms with Gasteiger partial charge in [-0.15, -0.1) is 0 Å². The third kappa shape index (κ3) is 2.38. The number of aryl methyl sites for hydroxylation is 1. The first kappa shape index (κ1) is 13.3. The minimum Gasteiger partial charge on any atom is -0.354 e. The molecular weight excluding hydrogens is 257 g/mol. The topological polar surface area (TPSA) is 42.0 Å². The summed E-state index contributed by atoms with van der Waals surface area (Å²) in [5.74, 6) is -0.428. The fourth-order valence-electron chi connectivity index (χ4n) is 1.99. The van der Waals surface area contributed by atoms with Gasteiger partial charge in [0.05, 0.1) is 5.56 Å². The van der Waals surface area contributed by atoms with E-state index >= 15 is 0 Å². The summed E-state index contributed by atoms with van der Waals surface area (Å²) >= 11 is 0. The summed E-state index contributed by atoms with van der Waals surface area (Å²) in [6.45, 7) is 1.46. The number of rotatable bonds is 1. The van der Waals surface area contributed by atoms with Crippen molar-refractivity contribution in [2.45, 2.75) is 13.1 Å². The summed E-state index contributed by atoms with van der Waals surface area (Å²) in [7, 11) is 1.44. The van der Waals surface area contributed by atoms with Crippen molar-refractivity contribution in [2.75, 3.05) is 7.05 Å². The summed E-state index contributed by atoms with van der Waals surface area (Å²) in [6.07, 6.45) is -4.44. The van der Waals surface area contributed by atoms with Crippen LogP contribution in [0.1, 0.15) is 21.7 Å². The number of carbonyl (C=O) groups is 1. The van der Waals surface area contributed by atoms with Crippen molar-refractivity contribution in [3.63, 3.8) is 0 Å². The van der Waals surface area contributed by atoms with E-state index in [1.807, 2.05) is 0 Å². The Bertz CT molecular complexity index is 650. The number of benzene rings is 1. The van der Waals surface area contributed by atoms with Gasteiger partial charge in [-0.25, -0.2) is 4.98 Å². The maximum Gasteiger partial charge on any atom is 0.417 e. The molecule has 0 aliphatic rings. The van der Waals surface area contributed by atoms with Crippen LogP contribution in [-0.4, -0.2) is 17.9 Å². The Balaban J connectivity index is 2.76. The van der Waals surface area contributed by atoms with Gasteiger partial charge in [0.25, 0.3) is 5.91 Å². The highest BCUT2D eigenvalue weighted by Crippen LogP contribution is 2.35. The number of nitrogens with one attached hydrogen (secondary N) is 1. The molecule has 6 heteroatoms. The average Bonchev–Trinajstić information content (AvgIpc) is 2.35. The monoisotopic (exact) mass is 268 g/mol. The number of hydrogen-bond acceptors (Lipinski definition) is 2. The minimum atomic E-state index is -4.44. The molecule has 1 amide bonds. The molecule has 0 unspecified atom stereocenters. The van der Waals surface area contributed by atoms with Crippen LogP contribution in [0.2, 0.25) is 0 Å². The van der Waals surface area contributed by atoms with E-state index in [2.05, 4.69) is 10.3 Å². The van der Waals surface area contributed by atoms with Crippen molar-refractivity contribution >= 4 is 16.7 Å². The van der Waals surface area contributed by atoms with Gasteiger partial charge >= 0.3 is 6.18 Å². The van der Waals surface area contributed by atoms with Gasteiger partial charge in [0, 0.05) is 18.1 Å². The second-order valence-corrected chi connectivity index (χ2v) is 4.07. The molecule has 0 radical (unpaired) electrons. The first-order chi connectivity index (χ1) is 8.84. The van der Waals surface area contributed by atoms with Crippen molar-refractivity contribution in [1.82, 2.24) is 10.3 Å². The first-order valence-corrected chi connectivity index (χ1v) is 5.54. The molecule has 0 saturated carbocycles. The maximum atomic E-state index is 12.9. The zero-order valence-corrected chi connectivity index (χ0v) is 10.3. The zero-order chi connectivity index (χ0) is 14.2. The smallest absolute Gasteiger partial charge is 0.354 e. The van der Waals surface area contributed by atoms with Crippen molar-refractivity contribution in [2.24, 2.45) is 0 Å². The Labute approximate surface area is 107 Å². The molecule has 0 aliphatic carbocycles. The van der Waals surface area contributed by atoms with Crippen LogP contribution in [0.5, 0.6) is 0 Å². The molecule has 1 N–H and O–H groups in total. The van der Waals surface area contributed by atoms with Gasteiger partial charge in [0.15, 0.2) is 0 Å². The summed E-state index contributed by atoms with van der Waals surface area (Å²) in [5, 5.41) is 2.77. The van der Waals surface area contributed by atoms with Crippen molar-refractivity contribution in [3.8, 4) is 0 Å². The van der Waals surface area contributed by atoms with Gasteiger partial charge in [-0.2, -0.15) is 13.2 Å². The maximum absolute atomic E-state index is 12.9. The van der Waals surface area contributed by atoms with Crippen LogP contribution in [0.25, 0.3) is 10.8 Å². The van der Waals surface area contributed by atoms with Crippen LogP contribution in [0.3, 0.4) is 0 Å². The number of carbonyl (C=O) groups excluding carboxylic acids is 1. The fraction of sp³-hybridized carbons (Fsp3) is 0.231. The Morgan fingerprint density at radius 2 is 2.00 bits per heavy atom. The first-order valence-electron chi connectivity index (χ1n) is 5.54. The lowest BCUT2D eigenvalue weighted by molar-refractivity contribution is -0.136. The Kier molecular flexibility index (Phi) is 3.18. The number of fused-ring (bicyclic) bond motifs is 1. The molecule has 0 bridgehead atoms. The van der Waals surface area contributed by atoms with Crippen LogP contribution < -0.4 is 5.32 Å². The summed E-state index contributed by atoms with van der Waals surface area (Å²) in [5.41, 5.74) is -0.450. The molecule has 1 aromatic heterocycles. The van der Waals surface area contributed by atoms with E-state index < -0.39 is 17.6 Å². The predicted octanol–water partition coefficient (Wildman–Crippen LogP) is 2.92. The quantitative estimate of drug-likeness (QED) is 0.864. The van der Waals surface area contributed by atoms with Gasteiger partial charge in [-0.3, -0.25) is 4.79 Å². The van der Waals surface area contributed by atoms with Gasteiger partial charge in [-0.1, -0.05) is 12.1 Å². The predicted molar refractivity (Wildman–Crippen MR) is 64.9 cm³/mol. The van der Waals surface area contributed by atoms with E-state index in [1.165, 1.54) is 32.2 Å². The second-order valence-electron chi connectivity index (χ2n) is 4.07. The van der Waals surface area contributed by atoms with Crippen molar-refractivity contribution in [1.29, 1.82) is 0 Å². The SMILES string of the molecule is CNC(=O)c1cc2cccc(C(F)(F)F)c2c(C)n1. The number of nitrogens with zero attached hydrogens (tertiary/aromatic N) is 1. The molecule has 0 fully saturated rings. The van der Waals surface area contributed by atoms with Crippen LogP contribution in [0, 0.1) is 6.92 Å². The summed E-state index contributed by atoms with van der Waals surface area (Å²) < 4.78 is 38.7. The number of alkyl halides is 3. The number of hydrogen-bond donors (Lipinski definition) is 1. The standard InChI is InChI=1S/C13H11F3N2O/c1-7-11-8(6-10(18-7)12(19)17-2)4-3-5-9(11)13(14,15)16/h3-6H,1-2H3,(H,17,19). The molecule has 0 aliphatic heterocycles. The molecule has 2 rings (SSSR count). The lowest BCUT2D eigenvalue weighted by atomic mass is 10.0. The molecule has 2 aromatic rings. The highest BCUT2D eigenvalue weighted by atomic mass is 19.4. The van der Waals surface area contributed by atoms with Crippen molar-refractivity contribution in [3.05, 3.63) is 41.2 Å². The van der Waals surface area contributed by atoms with Crippen LogP contribution in [0.4, 0.5) is 13.2 Å². The van der Waals surface area contributed by atoms with Crippen molar-refractivity contribution < 1.29 is 18.0 Å². The van der Waals surface area contributed by atoms with Gasteiger partial charge in [0.2, 0.25) is 0 Å². The third-order valence-electron chi connectivity index (χ3n) is 2.80. The van der Waals surface area contributed by atoms with E-state index in [1.54, 1.807) is 0 Å². The number of amides is 1. The second kappa shape index (κ2) is 4.53. The number of aromatic nitrogens is 1. The largest absolute Gasteiger partial charge is 0.417 e. The molecule has 100 valence electrons. The third-order valence-corrected chi connectivity index (χ3v) is 2.80. The molecule has 0 spiro atoms. The lowest BCUT2D eigenvalue weighted by Gasteiger charge is -2.12. The van der Waals surface area contributed by atoms with Crippen LogP contribution in [-0.2, 0) is 6.18 Å². The van der Waals surface area contributed by atoms with E-state index in [4.69, 9.17) is 0 Å². The Hall–Kier alpha value is -2.11. The minimum absolute atomic E-state index is 0.0302. The van der Waals surface area contributed by atoms with Crippen LogP contribution in [0.15, 0.2) is 24.3 Å². The molecule has 3 nitrogen and oxygen atoms in total. The summed E-state index contributed by atoms with van der Waals surface area (Å²) in [6, 6.07) is 5.22. The lowest BCUT2D eigenvalue weighted by Crippen LogP contribution is -2.19. The van der Waals surface area contributed by atoms with E-state index in [0.29, 0.717) is 5.39 Å². The normalized spacial score (nSPS) is 11.6. The highest BCUT2D eigenvalue weighted by Gasteiger charge is 2.33. The Morgan fingerprint density at radius 3 is 2.58 bits per heavy atom. The Morgan fingerprint density at radius 1 is 1.32 bits per heavy atom. The van der Waals surface area contributed by atoms with E-state index in [0.717, 1.165) is 6.07 Å². The molecule has 1 aromatic carbocycles. The average molecular weight is 268 g/mol. The molecule has 0 saturated heterocycles. The molecule has 19 heavy (non-hydrogen) atoms. The zero-order valence-electron chi connectivity index (χ0n) is 10.3. The highest BCUT2D eigenvalue weighted by molar-refractivity contribution is 5.98. The molecule has 0 atom stereocenters. The van der Waals surface area contributed by atoms with Gasteiger partial charge in [0.1, 0.15) is 5.69 Å². The summed E-state index contributed by atoms with van der Waals surface area (Å²) in [4.78, 5) is 15.4. The van der Waals surface area contributed by atoms with E-state index in [-0.39, 0.29) is 16.8 Å². The number of halogens is 3. The van der Waals surface area contributed by atoms with E-state index in [9.17, 15) is 18.0 Å². The van der Waals surface area contributed by atoms with Gasteiger partial charge < -0.3 is 5.32 Å². The van der Waals surface area contributed by atoms with Crippen LogP contribution >= 0.6 is 0 Å². The number of pyridine rings is 1. The molecule has 1 heterocycles.